The molecule has 0 bridgehead atoms. The Kier molecular flexibility index (Phi) is 4.52. The number of hydrogen-bond donors (Lipinski definition) is 0. The van der Waals surface area contributed by atoms with E-state index in [0.29, 0.717) is 0 Å². The lowest BCUT2D eigenvalue weighted by molar-refractivity contribution is -0.0277. The van der Waals surface area contributed by atoms with E-state index in [-0.39, 0.29) is 6.29 Å². The van der Waals surface area contributed by atoms with Gasteiger partial charge in [-0.3, -0.25) is 0 Å². The standard InChI is InChI=1S/C15H24O2/c1-12(2)11-14-5-3-13(4-6-14)7-8-15-16-9-10-17-15/h3,9-10,12,14-15H,4-8,11H2,1-2H3. The first-order valence-electron chi connectivity index (χ1n) is 6.88. The molecule has 0 spiro atoms. The first kappa shape index (κ1) is 12.5. The summed E-state index contributed by atoms with van der Waals surface area (Å²) in [5.41, 5.74) is 1.60. The molecule has 2 rings (SSSR count). The number of ether oxygens (including phenoxy) is 2. The first-order chi connectivity index (χ1) is 8.24. The summed E-state index contributed by atoms with van der Waals surface area (Å²) in [6.07, 6.45) is 13.1. The summed E-state index contributed by atoms with van der Waals surface area (Å²) in [6.45, 7) is 4.64. The third-order valence-electron chi connectivity index (χ3n) is 3.64. The molecule has 0 aromatic heterocycles. The van der Waals surface area contributed by atoms with Crippen molar-refractivity contribution in [3.8, 4) is 0 Å². The quantitative estimate of drug-likeness (QED) is 0.659. The molecule has 1 aliphatic heterocycles. The average Bonchev–Trinajstić information content (AvgIpc) is 2.80. The highest BCUT2D eigenvalue weighted by Crippen LogP contribution is 2.31. The van der Waals surface area contributed by atoms with Gasteiger partial charge in [0.2, 0.25) is 6.29 Å². The predicted octanol–water partition coefficient (Wildman–Crippen LogP) is 4.38. The van der Waals surface area contributed by atoms with E-state index in [0.717, 1.165) is 24.7 Å². The molecule has 0 aromatic rings. The number of hydrogen-bond acceptors (Lipinski definition) is 2. The second-order valence-electron chi connectivity index (χ2n) is 5.64. The normalized spacial score (nSPS) is 24.6. The lowest BCUT2D eigenvalue weighted by Crippen LogP contribution is -2.11. The van der Waals surface area contributed by atoms with Crippen LogP contribution in [-0.4, -0.2) is 6.29 Å². The van der Waals surface area contributed by atoms with Crippen molar-refractivity contribution in [3.05, 3.63) is 24.2 Å². The lowest BCUT2D eigenvalue weighted by Gasteiger charge is -2.23. The SMILES string of the molecule is CC(C)CC1CC=C(CCC2OC=CO2)CC1. The lowest BCUT2D eigenvalue weighted by atomic mass is 9.83. The van der Waals surface area contributed by atoms with Crippen LogP contribution in [0.5, 0.6) is 0 Å². The molecular formula is C15H24O2. The molecular weight excluding hydrogens is 212 g/mol. The maximum absolute atomic E-state index is 5.29. The second-order valence-corrected chi connectivity index (χ2v) is 5.64. The maximum atomic E-state index is 5.29. The van der Waals surface area contributed by atoms with Gasteiger partial charge in [-0.1, -0.05) is 25.5 Å². The molecule has 17 heavy (non-hydrogen) atoms. The van der Waals surface area contributed by atoms with E-state index >= 15 is 0 Å². The molecule has 0 saturated carbocycles. The van der Waals surface area contributed by atoms with E-state index in [9.17, 15) is 0 Å². The molecule has 0 amide bonds. The van der Waals surface area contributed by atoms with Crippen molar-refractivity contribution in [1.82, 2.24) is 0 Å². The summed E-state index contributed by atoms with van der Waals surface area (Å²) < 4.78 is 10.6. The van der Waals surface area contributed by atoms with Crippen molar-refractivity contribution >= 4 is 0 Å². The van der Waals surface area contributed by atoms with Gasteiger partial charge in [0.25, 0.3) is 0 Å². The Hall–Kier alpha value is -0.920. The molecule has 2 heteroatoms. The Balaban J connectivity index is 1.67. The summed E-state index contributed by atoms with van der Waals surface area (Å²) >= 11 is 0. The van der Waals surface area contributed by atoms with Crippen LogP contribution in [0.1, 0.15) is 52.4 Å². The van der Waals surface area contributed by atoms with Crippen molar-refractivity contribution in [3.63, 3.8) is 0 Å². The van der Waals surface area contributed by atoms with E-state index < -0.39 is 0 Å². The van der Waals surface area contributed by atoms with Gasteiger partial charge in [-0.05, 0) is 43.9 Å². The fourth-order valence-corrected chi connectivity index (χ4v) is 2.76. The Morgan fingerprint density at radius 3 is 2.65 bits per heavy atom. The summed E-state index contributed by atoms with van der Waals surface area (Å²) in [6, 6.07) is 0. The van der Waals surface area contributed by atoms with E-state index in [1.54, 1.807) is 18.1 Å². The zero-order chi connectivity index (χ0) is 12.1. The van der Waals surface area contributed by atoms with Gasteiger partial charge in [0, 0.05) is 6.42 Å². The maximum Gasteiger partial charge on any atom is 0.240 e. The topological polar surface area (TPSA) is 18.5 Å². The second kappa shape index (κ2) is 6.13. The molecule has 1 atom stereocenters. The van der Waals surface area contributed by atoms with E-state index in [1.807, 2.05) is 0 Å². The van der Waals surface area contributed by atoms with Crippen molar-refractivity contribution in [2.45, 2.75) is 58.7 Å². The molecule has 2 aliphatic rings. The zero-order valence-electron chi connectivity index (χ0n) is 11.0. The first-order valence-corrected chi connectivity index (χ1v) is 6.88. The molecule has 0 fully saturated rings. The zero-order valence-corrected chi connectivity index (χ0v) is 11.0. The third kappa shape index (κ3) is 4.10. The highest BCUT2D eigenvalue weighted by atomic mass is 16.7. The fourth-order valence-electron chi connectivity index (χ4n) is 2.76. The van der Waals surface area contributed by atoms with Crippen LogP contribution >= 0.6 is 0 Å². The van der Waals surface area contributed by atoms with Crippen molar-refractivity contribution < 1.29 is 9.47 Å². The predicted molar refractivity (Wildman–Crippen MR) is 69.2 cm³/mol. The Morgan fingerprint density at radius 2 is 2.06 bits per heavy atom. The van der Waals surface area contributed by atoms with Crippen molar-refractivity contribution in [1.29, 1.82) is 0 Å². The van der Waals surface area contributed by atoms with Gasteiger partial charge in [-0.25, -0.2) is 0 Å². The Labute approximate surface area is 105 Å². The molecule has 2 nitrogen and oxygen atoms in total. The highest BCUT2D eigenvalue weighted by molar-refractivity contribution is 5.06. The van der Waals surface area contributed by atoms with E-state index in [2.05, 4.69) is 19.9 Å². The smallest absolute Gasteiger partial charge is 0.240 e. The van der Waals surface area contributed by atoms with Crippen LogP contribution in [0.2, 0.25) is 0 Å². The van der Waals surface area contributed by atoms with Gasteiger partial charge >= 0.3 is 0 Å². The van der Waals surface area contributed by atoms with E-state index in [4.69, 9.17) is 9.47 Å². The molecule has 0 radical (unpaired) electrons. The van der Waals surface area contributed by atoms with Crippen molar-refractivity contribution in [2.24, 2.45) is 11.8 Å². The largest absolute Gasteiger partial charge is 0.459 e. The summed E-state index contributed by atoms with van der Waals surface area (Å²) in [4.78, 5) is 0. The molecule has 0 aromatic carbocycles. The van der Waals surface area contributed by atoms with Gasteiger partial charge in [0.15, 0.2) is 0 Å². The highest BCUT2D eigenvalue weighted by Gasteiger charge is 2.18. The minimum Gasteiger partial charge on any atom is -0.459 e. The van der Waals surface area contributed by atoms with Crippen LogP contribution in [0, 0.1) is 11.8 Å². The molecule has 1 aliphatic carbocycles. The van der Waals surface area contributed by atoms with Crippen LogP contribution in [0.3, 0.4) is 0 Å². The monoisotopic (exact) mass is 236 g/mol. The van der Waals surface area contributed by atoms with Gasteiger partial charge in [0.1, 0.15) is 12.5 Å². The van der Waals surface area contributed by atoms with Gasteiger partial charge in [0.05, 0.1) is 0 Å². The van der Waals surface area contributed by atoms with Gasteiger partial charge in [-0.2, -0.15) is 0 Å². The third-order valence-corrected chi connectivity index (χ3v) is 3.64. The van der Waals surface area contributed by atoms with Crippen LogP contribution in [-0.2, 0) is 9.47 Å². The minimum atomic E-state index is -0.0377. The molecule has 0 N–H and O–H groups in total. The molecule has 1 unspecified atom stereocenters. The molecule has 96 valence electrons. The number of allylic oxidation sites excluding steroid dienone is 2. The van der Waals surface area contributed by atoms with Crippen molar-refractivity contribution in [2.75, 3.05) is 0 Å². The van der Waals surface area contributed by atoms with Crippen LogP contribution < -0.4 is 0 Å². The number of rotatable bonds is 5. The fraction of sp³-hybridized carbons (Fsp3) is 0.733. The summed E-state index contributed by atoms with van der Waals surface area (Å²) in [7, 11) is 0. The summed E-state index contributed by atoms with van der Waals surface area (Å²) in [5, 5.41) is 0. The minimum absolute atomic E-state index is 0.0377. The van der Waals surface area contributed by atoms with Crippen LogP contribution in [0.15, 0.2) is 24.2 Å². The summed E-state index contributed by atoms with van der Waals surface area (Å²) in [5.74, 6) is 1.75. The Morgan fingerprint density at radius 1 is 1.29 bits per heavy atom. The van der Waals surface area contributed by atoms with Gasteiger partial charge < -0.3 is 9.47 Å². The Bertz CT molecular complexity index is 283. The van der Waals surface area contributed by atoms with E-state index in [1.165, 1.54) is 25.7 Å². The van der Waals surface area contributed by atoms with Crippen LogP contribution in [0.4, 0.5) is 0 Å². The molecule has 0 saturated heterocycles. The van der Waals surface area contributed by atoms with Gasteiger partial charge in [-0.15, -0.1) is 0 Å². The molecule has 1 heterocycles. The van der Waals surface area contributed by atoms with Crippen LogP contribution in [0.25, 0.3) is 0 Å². The average molecular weight is 236 g/mol.